The molecule has 2 N–H and O–H groups in total. The van der Waals surface area contributed by atoms with Gasteiger partial charge in [-0.3, -0.25) is 0 Å². The number of anilines is 2. The van der Waals surface area contributed by atoms with Gasteiger partial charge in [-0.1, -0.05) is 62.4 Å². The van der Waals surface area contributed by atoms with Crippen LogP contribution in [-0.2, 0) is 0 Å². The zero-order valence-electron chi connectivity index (χ0n) is 16.8. The highest BCUT2D eigenvalue weighted by Gasteiger charge is 2.15. The highest BCUT2D eigenvalue weighted by atomic mass is 32.1. The third kappa shape index (κ3) is 3.17. The lowest BCUT2D eigenvalue weighted by Gasteiger charge is -2.12. The van der Waals surface area contributed by atoms with Crippen molar-refractivity contribution < 1.29 is 5.11 Å². The summed E-state index contributed by atoms with van der Waals surface area (Å²) in [5, 5.41) is 18.6. The number of rotatable bonds is 4. The molecule has 0 bridgehead atoms. The maximum Gasteiger partial charge on any atom is 0.143 e. The molecule has 5 rings (SSSR count). The van der Waals surface area contributed by atoms with E-state index in [9.17, 15) is 5.11 Å². The second-order valence-corrected chi connectivity index (χ2v) is 8.49. The lowest BCUT2D eigenvalue weighted by molar-refractivity contribution is 0.481. The molecule has 5 aromatic rings. The number of benzene rings is 3. The van der Waals surface area contributed by atoms with E-state index in [2.05, 4.69) is 58.8 Å². The van der Waals surface area contributed by atoms with Crippen LogP contribution in [0.3, 0.4) is 0 Å². The molecular weight excluding hydrogens is 390 g/mol. The summed E-state index contributed by atoms with van der Waals surface area (Å²) in [6, 6.07) is 20.1. The van der Waals surface area contributed by atoms with Crippen LogP contribution < -0.4 is 5.32 Å². The van der Waals surface area contributed by atoms with Crippen molar-refractivity contribution in [1.29, 1.82) is 0 Å². The lowest BCUT2D eigenvalue weighted by atomic mass is 9.99. The molecule has 0 aliphatic heterocycles. The predicted molar refractivity (Wildman–Crippen MR) is 126 cm³/mol. The van der Waals surface area contributed by atoms with Crippen LogP contribution in [0.15, 0.2) is 72.4 Å². The molecule has 4 nitrogen and oxygen atoms in total. The molecule has 0 saturated heterocycles. The van der Waals surface area contributed by atoms with Gasteiger partial charge in [0.2, 0.25) is 0 Å². The lowest BCUT2D eigenvalue weighted by Crippen LogP contribution is -1.96. The van der Waals surface area contributed by atoms with Gasteiger partial charge in [0.15, 0.2) is 0 Å². The third-order valence-electron chi connectivity index (χ3n) is 5.41. The van der Waals surface area contributed by atoms with Crippen LogP contribution >= 0.6 is 11.3 Å². The number of aromatic hydroxyl groups is 1. The number of aromatic nitrogens is 2. The average Bonchev–Trinajstić information content (AvgIpc) is 3.20. The number of phenolic OH excluding ortho intramolecular Hbond substituents is 1. The van der Waals surface area contributed by atoms with Gasteiger partial charge in [0.1, 0.15) is 22.7 Å². The molecule has 0 spiro atoms. The minimum atomic E-state index is 0.269. The summed E-state index contributed by atoms with van der Waals surface area (Å²) in [5.41, 5.74) is 4.50. The summed E-state index contributed by atoms with van der Waals surface area (Å²) in [6.07, 6.45) is 1.59. The summed E-state index contributed by atoms with van der Waals surface area (Å²) in [6.45, 7) is 4.40. The fourth-order valence-corrected chi connectivity index (χ4v) is 4.68. The smallest absolute Gasteiger partial charge is 0.143 e. The van der Waals surface area contributed by atoms with E-state index in [0.717, 1.165) is 43.6 Å². The van der Waals surface area contributed by atoms with Gasteiger partial charge >= 0.3 is 0 Å². The molecule has 0 amide bonds. The van der Waals surface area contributed by atoms with Gasteiger partial charge in [-0.2, -0.15) is 0 Å². The first kappa shape index (κ1) is 18.6. The Bertz CT molecular complexity index is 1360. The molecular formula is C25H21N3OS. The molecule has 5 heteroatoms. The molecule has 0 unspecified atom stereocenters. The number of fused-ring (bicyclic) bond motifs is 2. The molecule has 0 aliphatic carbocycles. The Morgan fingerprint density at radius 3 is 2.47 bits per heavy atom. The van der Waals surface area contributed by atoms with Crippen molar-refractivity contribution >= 4 is 43.8 Å². The molecule has 3 aromatic carbocycles. The van der Waals surface area contributed by atoms with Crippen LogP contribution in [0, 0.1) is 0 Å². The second-order valence-electron chi connectivity index (χ2n) is 7.63. The molecule has 0 atom stereocenters. The summed E-state index contributed by atoms with van der Waals surface area (Å²) in [7, 11) is 0. The first-order chi connectivity index (χ1) is 14.6. The molecule has 2 heterocycles. The zero-order chi connectivity index (χ0) is 20.7. The zero-order valence-corrected chi connectivity index (χ0v) is 17.6. The fraction of sp³-hybridized carbons (Fsp3) is 0.120. The Hall–Kier alpha value is -3.44. The summed E-state index contributed by atoms with van der Waals surface area (Å²) >= 11 is 1.62. The van der Waals surface area contributed by atoms with Crippen LogP contribution in [0.2, 0.25) is 0 Å². The molecule has 0 saturated carbocycles. The Balaban J connectivity index is 1.63. The highest BCUT2D eigenvalue weighted by Crippen LogP contribution is 2.39. The largest absolute Gasteiger partial charge is 0.507 e. The van der Waals surface area contributed by atoms with E-state index >= 15 is 0 Å². The van der Waals surface area contributed by atoms with Gasteiger partial charge in [0, 0.05) is 27.4 Å². The molecule has 0 fully saturated rings. The number of hydrogen-bond acceptors (Lipinski definition) is 5. The van der Waals surface area contributed by atoms with E-state index in [1.54, 1.807) is 23.7 Å². The molecule has 148 valence electrons. The van der Waals surface area contributed by atoms with Crippen LogP contribution in [0.5, 0.6) is 5.75 Å². The maximum atomic E-state index is 10.2. The number of thiophene rings is 1. The summed E-state index contributed by atoms with van der Waals surface area (Å²) in [5.74, 6) is 1.53. The van der Waals surface area contributed by atoms with Crippen molar-refractivity contribution in [3.63, 3.8) is 0 Å². The molecule has 30 heavy (non-hydrogen) atoms. The number of phenols is 1. The quantitative estimate of drug-likeness (QED) is 0.332. The first-order valence-corrected chi connectivity index (χ1v) is 10.8. The normalized spacial score (nSPS) is 11.4. The number of nitrogens with zero attached hydrogens (tertiary/aromatic N) is 2. The van der Waals surface area contributed by atoms with E-state index in [-0.39, 0.29) is 5.75 Å². The monoisotopic (exact) mass is 411 g/mol. The van der Waals surface area contributed by atoms with Gasteiger partial charge in [0.25, 0.3) is 0 Å². The van der Waals surface area contributed by atoms with Crippen molar-refractivity contribution in [2.24, 2.45) is 0 Å². The fourth-order valence-electron chi connectivity index (χ4n) is 3.76. The maximum absolute atomic E-state index is 10.2. The summed E-state index contributed by atoms with van der Waals surface area (Å²) < 4.78 is 0. The third-order valence-corrected chi connectivity index (χ3v) is 6.30. The van der Waals surface area contributed by atoms with E-state index in [4.69, 9.17) is 0 Å². The Kier molecular flexibility index (Phi) is 4.60. The van der Waals surface area contributed by atoms with Gasteiger partial charge in [-0.25, -0.2) is 9.97 Å². The van der Waals surface area contributed by atoms with Crippen molar-refractivity contribution in [2.75, 3.05) is 5.32 Å². The van der Waals surface area contributed by atoms with E-state index in [1.165, 1.54) is 5.56 Å². The number of hydrogen-bond donors (Lipinski definition) is 2. The predicted octanol–water partition coefficient (Wildman–Crippen LogP) is 7.08. The molecule has 0 aliphatic rings. The number of nitrogens with one attached hydrogen (secondary N) is 1. The van der Waals surface area contributed by atoms with Crippen LogP contribution in [-0.4, -0.2) is 15.1 Å². The molecule has 0 radical (unpaired) electrons. The second kappa shape index (κ2) is 7.43. The van der Waals surface area contributed by atoms with Gasteiger partial charge in [-0.05, 0) is 29.2 Å². The van der Waals surface area contributed by atoms with Crippen molar-refractivity contribution in [3.05, 3.63) is 77.9 Å². The standard InChI is InChI=1S/C25H21N3OS/c1-15(2)16-9-11-17(12-10-16)20-13-30-25-23(20)24(26-14-27-25)28-21-7-3-6-19-18(21)5-4-8-22(19)29/h3-15,29H,1-2H3,(H,26,27,28). The Morgan fingerprint density at radius 1 is 0.900 bits per heavy atom. The van der Waals surface area contributed by atoms with Crippen LogP contribution in [0.25, 0.3) is 32.1 Å². The first-order valence-electron chi connectivity index (χ1n) is 9.92. The summed E-state index contributed by atoms with van der Waals surface area (Å²) in [4.78, 5) is 9.98. The Morgan fingerprint density at radius 2 is 1.67 bits per heavy atom. The highest BCUT2D eigenvalue weighted by molar-refractivity contribution is 7.17. The van der Waals surface area contributed by atoms with Crippen molar-refractivity contribution in [1.82, 2.24) is 9.97 Å². The van der Waals surface area contributed by atoms with Crippen molar-refractivity contribution in [2.45, 2.75) is 19.8 Å². The van der Waals surface area contributed by atoms with Gasteiger partial charge in [-0.15, -0.1) is 11.3 Å². The van der Waals surface area contributed by atoms with E-state index in [1.807, 2.05) is 30.3 Å². The minimum absolute atomic E-state index is 0.269. The average molecular weight is 412 g/mol. The van der Waals surface area contributed by atoms with Gasteiger partial charge < -0.3 is 10.4 Å². The molecule has 2 aromatic heterocycles. The van der Waals surface area contributed by atoms with Crippen LogP contribution in [0.1, 0.15) is 25.3 Å². The van der Waals surface area contributed by atoms with E-state index in [0.29, 0.717) is 5.92 Å². The topological polar surface area (TPSA) is 58.0 Å². The van der Waals surface area contributed by atoms with E-state index < -0.39 is 0 Å². The SMILES string of the molecule is CC(C)c1ccc(-c2csc3ncnc(Nc4cccc5c(O)cccc45)c23)cc1. The Labute approximate surface area is 178 Å². The van der Waals surface area contributed by atoms with Crippen LogP contribution in [0.4, 0.5) is 11.5 Å². The minimum Gasteiger partial charge on any atom is -0.507 e. The van der Waals surface area contributed by atoms with Crippen molar-refractivity contribution in [3.8, 4) is 16.9 Å². The van der Waals surface area contributed by atoms with Gasteiger partial charge in [0.05, 0.1) is 5.39 Å².